The summed E-state index contributed by atoms with van der Waals surface area (Å²) in [5.41, 5.74) is 6.22. The van der Waals surface area contributed by atoms with Gasteiger partial charge in [-0.15, -0.1) is 0 Å². The SMILES string of the molecule is COc1cc(-c2cc(=O)[nH]c(=O)[nH]2)ccc1N. The maximum absolute atomic E-state index is 11.2. The van der Waals surface area contributed by atoms with Gasteiger partial charge in [-0.25, -0.2) is 4.79 Å². The fraction of sp³-hybridized carbons (Fsp3) is 0.0909. The Balaban J connectivity index is 2.60. The summed E-state index contributed by atoms with van der Waals surface area (Å²) >= 11 is 0. The first-order valence-electron chi connectivity index (χ1n) is 4.87. The van der Waals surface area contributed by atoms with Gasteiger partial charge in [-0.1, -0.05) is 6.07 Å². The van der Waals surface area contributed by atoms with E-state index in [1.54, 1.807) is 18.2 Å². The minimum atomic E-state index is -0.553. The van der Waals surface area contributed by atoms with Crippen LogP contribution in [-0.4, -0.2) is 17.1 Å². The normalized spacial score (nSPS) is 10.2. The number of H-pyrrole nitrogens is 2. The molecular formula is C11H11N3O3. The van der Waals surface area contributed by atoms with Crippen molar-refractivity contribution in [1.29, 1.82) is 0 Å². The van der Waals surface area contributed by atoms with Gasteiger partial charge in [0.2, 0.25) is 0 Å². The summed E-state index contributed by atoms with van der Waals surface area (Å²) in [6.07, 6.45) is 0. The summed E-state index contributed by atoms with van der Waals surface area (Å²) in [4.78, 5) is 26.9. The van der Waals surface area contributed by atoms with E-state index in [4.69, 9.17) is 10.5 Å². The molecule has 4 N–H and O–H groups in total. The van der Waals surface area contributed by atoms with Crippen molar-refractivity contribution in [3.05, 3.63) is 45.1 Å². The maximum Gasteiger partial charge on any atom is 0.326 e. The summed E-state index contributed by atoms with van der Waals surface area (Å²) < 4.78 is 5.06. The van der Waals surface area contributed by atoms with Crippen molar-refractivity contribution >= 4 is 5.69 Å². The van der Waals surface area contributed by atoms with E-state index in [-0.39, 0.29) is 0 Å². The monoisotopic (exact) mass is 233 g/mol. The zero-order chi connectivity index (χ0) is 12.4. The Kier molecular flexibility index (Phi) is 2.70. The number of anilines is 1. The van der Waals surface area contributed by atoms with Crippen LogP contribution in [0, 0.1) is 0 Å². The lowest BCUT2D eigenvalue weighted by atomic mass is 10.1. The van der Waals surface area contributed by atoms with Gasteiger partial charge in [0.05, 0.1) is 18.5 Å². The van der Waals surface area contributed by atoms with Gasteiger partial charge >= 0.3 is 5.69 Å². The average molecular weight is 233 g/mol. The Bertz CT molecular complexity index is 629. The molecule has 1 heterocycles. The first-order chi connectivity index (χ1) is 8.10. The minimum Gasteiger partial charge on any atom is -0.495 e. The van der Waals surface area contributed by atoms with Crippen molar-refractivity contribution in [3.63, 3.8) is 0 Å². The molecule has 0 atom stereocenters. The molecule has 0 saturated heterocycles. The van der Waals surface area contributed by atoms with Crippen molar-refractivity contribution in [2.45, 2.75) is 0 Å². The van der Waals surface area contributed by atoms with E-state index in [0.717, 1.165) is 0 Å². The van der Waals surface area contributed by atoms with Gasteiger partial charge in [-0.2, -0.15) is 0 Å². The second kappa shape index (κ2) is 4.17. The van der Waals surface area contributed by atoms with Crippen LogP contribution in [0.15, 0.2) is 33.9 Å². The Labute approximate surface area is 96.1 Å². The van der Waals surface area contributed by atoms with Gasteiger partial charge in [0, 0.05) is 11.6 Å². The Morgan fingerprint density at radius 1 is 1.18 bits per heavy atom. The summed E-state index contributed by atoms with van der Waals surface area (Å²) in [7, 11) is 1.50. The highest BCUT2D eigenvalue weighted by Gasteiger charge is 2.05. The smallest absolute Gasteiger partial charge is 0.326 e. The van der Waals surface area contributed by atoms with Crippen molar-refractivity contribution in [2.24, 2.45) is 0 Å². The fourth-order valence-electron chi connectivity index (χ4n) is 1.50. The number of nitrogen functional groups attached to an aromatic ring is 1. The number of hydrogen-bond acceptors (Lipinski definition) is 4. The van der Waals surface area contributed by atoms with Crippen molar-refractivity contribution in [2.75, 3.05) is 12.8 Å². The van der Waals surface area contributed by atoms with Crippen LogP contribution in [0.5, 0.6) is 5.75 Å². The van der Waals surface area contributed by atoms with E-state index in [2.05, 4.69) is 9.97 Å². The number of hydrogen-bond donors (Lipinski definition) is 3. The van der Waals surface area contributed by atoms with Crippen LogP contribution >= 0.6 is 0 Å². The summed E-state index contributed by atoms with van der Waals surface area (Å²) in [6, 6.07) is 6.29. The largest absolute Gasteiger partial charge is 0.495 e. The molecule has 2 rings (SSSR count). The third-order valence-electron chi connectivity index (χ3n) is 2.30. The molecule has 1 aromatic heterocycles. The van der Waals surface area contributed by atoms with Crippen LogP contribution in [0.25, 0.3) is 11.3 Å². The number of aromatic nitrogens is 2. The molecule has 2 aromatic rings. The first kappa shape index (κ1) is 11.0. The van der Waals surface area contributed by atoms with Crippen molar-refractivity contribution < 1.29 is 4.74 Å². The van der Waals surface area contributed by atoms with Crippen LogP contribution in [0.4, 0.5) is 5.69 Å². The minimum absolute atomic E-state index is 0.414. The van der Waals surface area contributed by atoms with Crippen LogP contribution < -0.4 is 21.7 Å². The van der Waals surface area contributed by atoms with E-state index in [1.807, 2.05) is 0 Å². The molecule has 0 fully saturated rings. The highest BCUT2D eigenvalue weighted by molar-refractivity contribution is 5.67. The van der Waals surface area contributed by atoms with E-state index in [0.29, 0.717) is 22.7 Å². The highest BCUT2D eigenvalue weighted by Crippen LogP contribution is 2.26. The standard InChI is InChI=1S/C11H11N3O3/c1-17-9-4-6(2-3-7(9)12)8-5-10(15)14-11(16)13-8/h2-5H,12H2,1H3,(H2,13,14,15,16). The molecule has 17 heavy (non-hydrogen) atoms. The molecule has 0 bridgehead atoms. The molecule has 0 aliphatic heterocycles. The zero-order valence-corrected chi connectivity index (χ0v) is 9.11. The number of benzene rings is 1. The molecule has 0 saturated carbocycles. The van der Waals surface area contributed by atoms with E-state index < -0.39 is 11.2 Å². The molecule has 88 valence electrons. The number of rotatable bonds is 2. The van der Waals surface area contributed by atoms with Crippen LogP contribution in [0.3, 0.4) is 0 Å². The molecule has 0 aliphatic rings. The molecule has 6 heteroatoms. The topological polar surface area (TPSA) is 101 Å². The second-order valence-corrected chi connectivity index (χ2v) is 3.46. The number of nitrogens with one attached hydrogen (secondary N) is 2. The van der Waals surface area contributed by atoms with Gasteiger partial charge in [0.1, 0.15) is 5.75 Å². The number of methoxy groups -OCH3 is 1. The summed E-state index contributed by atoms with van der Waals surface area (Å²) in [5.74, 6) is 0.489. The predicted molar refractivity (Wildman–Crippen MR) is 64.1 cm³/mol. The average Bonchev–Trinajstić information content (AvgIpc) is 2.28. The quantitative estimate of drug-likeness (QED) is 0.650. The molecule has 6 nitrogen and oxygen atoms in total. The molecule has 0 amide bonds. The maximum atomic E-state index is 11.2. The molecule has 0 radical (unpaired) electrons. The molecule has 0 aliphatic carbocycles. The Morgan fingerprint density at radius 2 is 1.94 bits per heavy atom. The van der Waals surface area contributed by atoms with Crippen LogP contribution in [-0.2, 0) is 0 Å². The summed E-state index contributed by atoms with van der Waals surface area (Å²) in [5, 5.41) is 0. The van der Waals surface area contributed by atoms with E-state index in [1.165, 1.54) is 13.2 Å². The van der Waals surface area contributed by atoms with Crippen LogP contribution in [0.2, 0.25) is 0 Å². The van der Waals surface area contributed by atoms with E-state index >= 15 is 0 Å². The summed E-state index contributed by atoms with van der Waals surface area (Å²) in [6.45, 7) is 0. The molecular weight excluding hydrogens is 222 g/mol. The number of ether oxygens (including phenoxy) is 1. The zero-order valence-electron chi connectivity index (χ0n) is 9.11. The lowest BCUT2D eigenvalue weighted by molar-refractivity contribution is 0.417. The Morgan fingerprint density at radius 3 is 2.59 bits per heavy atom. The second-order valence-electron chi connectivity index (χ2n) is 3.46. The lowest BCUT2D eigenvalue weighted by Crippen LogP contribution is -2.21. The number of aromatic amines is 2. The van der Waals surface area contributed by atoms with E-state index in [9.17, 15) is 9.59 Å². The van der Waals surface area contributed by atoms with Gasteiger partial charge in [-0.3, -0.25) is 9.78 Å². The highest BCUT2D eigenvalue weighted by atomic mass is 16.5. The van der Waals surface area contributed by atoms with Gasteiger partial charge in [-0.05, 0) is 12.1 Å². The van der Waals surface area contributed by atoms with Gasteiger partial charge < -0.3 is 15.5 Å². The fourth-order valence-corrected chi connectivity index (χ4v) is 1.50. The molecule has 0 unspecified atom stereocenters. The lowest BCUT2D eigenvalue weighted by Gasteiger charge is -2.06. The van der Waals surface area contributed by atoms with Crippen LogP contribution in [0.1, 0.15) is 0 Å². The molecule has 0 spiro atoms. The van der Waals surface area contributed by atoms with Crippen molar-refractivity contribution in [1.82, 2.24) is 9.97 Å². The predicted octanol–water partition coefficient (Wildman–Crippen LogP) is 0.321. The third-order valence-corrected chi connectivity index (χ3v) is 2.30. The Hall–Kier alpha value is -2.50. The number of nitrogens with two attached hydrogens (primary N) is 1. The van der Waals surface area contributed by atoms with Crippen molar-refractivity contribution in [3.8, 4) is 17.0 Å². The third kappa shape index (κ3) is 2.20. The first-order valence-corrected chi connectivity index (χ1v) is 4.87. The molecule has 1 aromatic carbocycles. The van der Waals surface area contributed by atoms with Gasteiger partial charge in [0.15, 0.2) is 0 Å². The van der Waals surface area contributed by atoms with Gasteiger partial charge in [0.25, 0.3) is 5.56 Å².